The number of rotatable bonds is 7. The lowest BCUT2D eigenvalue weighted by Crippen LogP contribution is -2.53. The average molecular weight is 398 g/mol. The highest BCUT2D eigenvalue weighted by atomic mass is 16.6. The number of carbonyl (C=O) groups is 4. The fraction of sp³-hybridized carbons (Fsp3) is 0.200. The van der Waals surface area contributed by atoms with E-state index in [-0.39, 0.29) is 25.3 Å². The van der Waals surface area contributed by atoms with Gasteiger partial charge in [-0.25, -0.2) is 9.59 Å². The zero-order valence-electron chi connectivity index (χ0n) is 15.5. The van der Waals surface area contributed by atoms with E-state index in [2.05, 4.69) is 5.32 Å². The van der Waals surface area contributed by atoms with Crippen LogP contribution in [0.15, 0.2) is 52.7 Å². The van der Waals surface area contributed by atoms with Crippen LogP contribution in [0.1, 0.15) is 18.2 Å². The molecule has 0 saturated carbocycles. The topological polar surface area (TPSA) is 115 Å². The van der Waals surface area contributed by atoms with Crippen molar-refractivity contribution in [2.45, 2.75) is 13.5 Å². The Hall–Kier alpha value is -3.88. The Morgan fingerprint density at radius 1 is 1.17 bits per heavy atom. The molecule has 3 rings (SSSR count). The first-order chi connectivity index (χ1) is 14.0. The molecule has 1 aromatic heterocycles. The van der Waals surface area contributed by atoms with Crippen LogP contribution in [-0.2, 0) is 25.7 Å². The number of imide groups is 2. The monoisotopic (exact) mass is 398 g/mol. The Morgan fingerprint density at radius 2 is 1.93 bits per heavy atom. The van der Waals surface area contributed by atoms with E-state index in [1.807, 2.05) is 0 Å². The average Bonchev–Trinajstić information content (AvgIpc) is 3.21. The highest BCUT2D eigenvalue weighted by Crippen LogP contribution is 2.19. The molecule has 1 saturated heterocycles. The van der Waals surface area contributed by atoms with Crippen molar-refractivity contribution in [1.82, 2.24) is 10.2 Å². The molecule has 0 radical (unpaired) electrons. The molecule has 0 spiro atoms. The smallest absolute Gasteiger partial charge is 0.344 e. The summed E-state index contributed by atoms with van der Waals surface area (Å²) in [5.74, 6) is -1.15. The summed E-state index contributed by atoms with van der Waals surface area (Å²) in [5, 5.41) is 2.14. The maximum atomic E-state index is 12.6. The summed E-state index contributed by atoms with van der Waals surface area (Å²) in [7, 11) is 0. The molecule has 0 unspecified atom stereocenters. The highest BCUT2D eigenvalue weighted by molar-refractivity contribution is 6.30. The van der Waals surface area contributed by atoms with Crippen molar-refractivity contribution in [3.05, 3.63) is 59.6 Å². The predicted octanol–water partition coefficient (Wildman–Crippen LogP) is 1.88. The zero-order chi connectivity index (χ0) is 20.8. The van der Waals surface area contributed by atoms with Gasteiger partial charge in [0.05, 0.1) is 19.4 Å². The lowest BCUT2D eigenvalue weighted by atomic mass is 10.1. The lowest BCUT2D eigenvalue weighted by molar-refractivity contribution is -0.145. The van der Waals surface area contributed by atoms with Crippen molar-refractivity contribution in [2.75, 3.05) is 13.2 Å². The molecule has 4 amide bonds. The first kappa shape index (κ1) is 19.9. The van der Waals surface area contributed by atoms with Crippen molar-refractivity contribution in [2.24, 2.45) is 0 Å². The first-order valence-corrected chi connectivity index (χ1v) is 8.77. The number of barbiturate groups is 1. The van der Waals surface area contributed by atoms with Crippen molar-refractivity contribution in [3.8, 4) is 5.75 Å². The fourth-order valence-electron chi connectivity index (χ4n) is 2.57. The van der Waals surface area contributed by atoms with Crippen LogP contribution in [0.25, 0.3) is 6.08 Å². The van der Waals surface area contributed by atoms with Gasteiger partial charge < -0.3 is 13.9 Å². The Labute approximate surface area is 165 Å². The molecule has 9 heteroatoms. The number of hydrogen-bond donors (Lipinski definition) is 1. The summed E-state index contributed by atoms with van der Waals surface area (Å²) in [5.41, 5.74) is 0.357. The van der Waals surface area contributed by atoms with Crippen LogP contribution in [0.5, 0.6) is 5.75 Å². The lowest BCUT2D eigenvalue weighted by Gasteiger charge is -2.25. The van der Waals surface area contributed by atoms with E-state index in [4.69, 9.17) is 13.9 Å². The zero-order valence-corrected chi connectivity index (χ0v) is 15.5. The third-order valence-electron chi connectivity index (χ3n) is 3.93. The maximum absolute atomic E-state index is 12.6. The van der Waals surface area contributed by atoms with Crippen molar-refractivity contribution in [1.29, 1.82) is 0 Å². The van der Waals surface area contributed by atoms with E-state index in [9.17, 15) is 19.2 Å². The number of esters is 1. The van der Waals surface area contributed by atoms with E-state index in [0.29, 0.717) is 17.1 Å². The van der Waals surface area contributed by atoms with E-state index in [1.54, 1.807) is 43.3 Å². The van der Waals surface area contributed by atoms with E-state index >= 15 is 0 Å². The number of amides is 4. The molecule has 1 aliphatic rings. The molecule has 0 atom stereocenters. The van der Waals surface area contributed by atoms with Gasteiger partial charge in [0, 0.05) is 0 Å². The summed E-state index contributed by atoms with van der Waals surface area (Å²) >= 11 is 0. The highest BCUT2D eigenvalue weighted by Gasteiger charge is 2.36. The van der Waals surface area contributed by atoms with Gasteiger partial charge in [-0.3, -0.25) is 19.8 Å². The van der Waals surface area contributed by atoms with Crippen LogP contribution in [0, 0.1) is 0 Å². The van der Waals surface area contributed by atoms with Gasteiger partial charge in [-0.1, -0.05) is 12.1 Å². The van der Waals surface area contributed by atoms with Gasteiger partial charge in [-0.15, -0.1) is 0 Å². The molecule has 2 heterocycles. The number of hydrogen-bond acceptors (Lipinski definition) is 7. The Balaban J connectivity index is 1.72. The molecule has 1 N–H and O–H groups in total. The minimum Gasteiger partial charge on any atom is -0.482 e. The first-order valence-electron chi connectivity index (χ1n) is 8.77. The molecular formula is C20H18N2O7. The van der Waals surface area contributed by atoms with Gasteiger partial charge >= 0.3 is 12.0 Å². The van der Waals surface area contributed by atoms with Crippen LogP contribution >= 0.6 is 0 Å². The Kier molecular flexibility index (Phi) is 6.08. The van der Waals surface area contributed by atoms with Gasteiger partial charge in [0.2, 0.25) is 0 Å². The van der Waals surface area contributed by atoms with Gasteiger partial charge in [0.25, 0.3) is 11.8 Å². The van der Waals surface area contributed by atoms with Crippen molar-refractivity contribution < 1.29 is 33.1 Å². The molecule has 1 aromatic carbocycles. The molecule has 2 aromatic rings. The summed E-state index contributed by atoms with van der Waals surface area (Å²) in [6.45, 7) is 1.65. The second-order valence-electron chi connectivity index (χ2n) is 5.95. The van der Waals surface area contributed by atoms with Crippen molar-refractivity contribution >= 4 is 29.9 Å². The Morgan fingerprint density at radius 3 is 2.59 bits per heavy atom. The van der Waals surface area contributed by atoms with Crippen LogP contribution in [0.2, 0.25) is 0 Å². The molecule has 1 aliphatic heterocycles. The van der Waals surface area contributed by atoms with Gasteiger partial charge in [0.1, 0.15) is 17.1 Å². The SMILES string of the molecule is CCOC(=O)COc1ccc(C=C2C(=O)NC(=O)N(Cc3ccco3)C2=O)cc1. The summed E-state index contributed by atoms with van der Waals surface area (Å²) in [6, 6.07) is 8.84. The standard InChI is InChI=1S/C20H18N2O7/c1-2-27-17(23)12-29-14-7-5-13(6-8-14)10-16-18(24)21-20(26)22(19(16)25)11-15-4-3-9-28-15/h3-10H,2,11-12H2,1H3,(H,21,24,26). The number of carbonyl (C=O) groups excluding carboxylic acids is 4. The Bertz CT molecular complexity index is 946. The number of furan rings is 1. The molecule has 1 fully saturated rings. The number of nitrogens with zero attached hydrogens (tertiary/aromatic N) is 1. The number of ether oxygens (including phenoxy) is 2. The van der Waals surface area contributed by atoms with Gasteiger partial charge in [-0.2, -0.15) is 0 Å². The van der Waals surface area contributed by atoms with Crippen LogP contribution in [0.3, 0.4) is 0 Å². The van der Waals surface area contributed by atoms with Crippen molar-refractivity contribution in [3.63, 3.8) is 0 Å². The molecular weight excluding hydrogens is 380 g/mol. The minimum absolute atomic E-state index is 0.0943. The van der Waals surface area contributed by atoms with E-state index < -0.39 is 23.8 Å². The van der Waals surface area contributed by atoms with Crippen LogP contribution in [-0.4, -0.2) is 41.9 Å². The maximum Gasteiger partial charge on any atom is 0.344 e. The van der Waals surface area contributed by atoms with Crippen LogP contribution in [0.4, 0.5) is 4.79 Å². The van der Waals surface area contributed by atoms with Crippen LogP contribution < -0.4 is 10.1 Å². The molecule has 29 heavy (non-hydrogen) atoms. The second-order valence-corrected chi connectivity index (χ2v) is 5.95. The quantitative estimate of drug-likeness (QED) is 0.430. The normalized spacial score (nSPS) is 15.4. The van der Waals surface area contributed by atoms with Gasteiger partial charge in [-0.05, 0) is 42.8 Å². The third-order valence-corrected chi connectivity index (χ3v) is 3.93. The minimum atomic E-state index is -0.809. The molecule has 0 bridgehead atoms. The molecule has 150 valence electrons. The molecule has 0 aliphatic carbocycles. The third kappa shape index (κ3) is 4.89. The summed E-state index contributed by atoms with van der Waals surface area (Å²) < 4.78 is 15.2. The van der Waals surface area contributed by atoms with Gasteiger partial charge in [0.15, 0.2) is 6.61 Å². The largest absolute Gasteiger partial charge is 0.482 e. The number of urea groups is 1. The van der Waals surface area contributed by atoms with E-state index in [1.165, 1.54) is 12.3 Å². The molecule has 9 nitrogen and oxygen atoms in total. The second kappa shape index (κ2) is 8.87. The predicted molar refractivity (Wildman–Crippen MR) is 99.3 cm³/mol. The summed E-state index contributed by atoms with van der Waals surface area (Å²) in [6.07, 6.45) is 2.80. The summed E-state index contributed by atoms with van der Waals surface area (Å²) in [4.78, 5) is 49.0. The number of nitrogens with one attached hydrogen (secondary N) is 1. The fourth-order valence-corrected chi connectivity index (χ4v) is 2.57. The van der Waals surface area contributed by atoms with E-state index in [0.717, 1.165) is 4.90 Å². The number of benzene rings is 1.